The Kier molecular flexibility index (Phi) is 2.31. The van der Waals surface area contributed by atoms with Crippen LogP contribution in [0.25, 0.3) is 0 Å². The van der Waals surface area contributed by atoms with Gasteiger partial charge in [0.1, 0.15) is 0 Å². The Labute approximate surface area is 100 Å². The molecule has 0 saturated heterocycles. The van der Waals surface area contributed by atoms with Crippen LogP contribution in [0.15, 0.2) is 18.3 Å². The van der Waals surface area contributed by atoms with E-state index in [1.807, 2.05) is 0 Å². The first kappa shape index (κ1) is 10.6. The third kappa shape index (κ3) is 1.99. The number of rotatable bonds is 5. The van der Waals surface area contributed by atoms with Crippen molar-refractivity contribution in [1.29, 1.82) is 0 Å². The number of hydrogen-bond acceptors (Lipinski definition) is 3. The van der Waals surface area contributed by atoms with E-state index in [9.17, 15) is 4.79 Å². The van der Waals surface area contributed by atoms with E-state index in [1.165, 1.54) is 31.9 Å². The summed E-state index contributed by atoms with van der Waals surface area (Å²) in [4.78, 5) is 14.9. The molecular weight excluding hydrogens is 216 g/mol. The maximum Gasteiger partial charge on any atom is 0.356 e. The van der Waals surface area contributed by atoms with Crippen molar-refractivity contribution < 1.29 is 9.90 Å². The van der Waals surface area contributed by atoms with Gasteiger partial charge in [-0.05, 0) is 49.1 Å². The summed E-state index contributed by atoms with van der Waals surface area (Å²) in [7, 11) is 0. The molecule has 2 saturated carbocycles. The topological polar surface area (TPSA) is 62.2 Å². The molecule has 2 N–H and O–H groups in total. The van der Waals surface area contributed by atoms with Gasteiger partial charge in [-0.2, -0.15) is 0 Å². The summed E-state index contributed by atoms with van der Waals surface area (Å²) >= 11 is 0. The zero-order valence-corrected chi connectivity index (χ0v) is 9.65. The third-order valence-corrected chi connectivity index (χ3v) is 3.98. The number of carbonyl (C=O) groups is 1. The lowest BCUT2D eigenvalue weighted by Crippen LogP contribution is -2.19. The smallest absolute Gasteiger partial charge is 0.356 e. The minimum Gasteiger partial charge on any atom is -0.476 e. The summed E-state index contributed by atoms with van der Waals surface area (Å²) in [6.07, 6.45) is 6.78. The highest BCUT2D eigenvalue weighted by molar-refractivity contribution is 5.91. The second kappa shape index (κ2) is 3.72. The molecule has 0 bridgehead atoms. The molecule has 0 spiro atoms. The molecule has 2 aliphatic rings. The van der Waals surface area contributed by atoms with E-state index in [4.69, 9.17) is 5.11 Å². The van der Waals surface area contributed by atoms with E-state index >= 15 is 0 Å². The summed E-state index contributed by atoms with van der Waals surface area (Å²) < 4.78 is 0. The van der Waals surface area contributed by atoms with E-state index < -0.39 is 5.97 Å². The number of carboxylic acids is 1. The van der Waals surface area contributed by atoms with Crippen LogP contribution in [-0.4, -0.2) is 22.6 Å². The summed E-state index contributed by atoms with van der Waals surface area (Å²) in [5.41, 5.74) is 1.23. The molecule has 3 rings (SSSR count). The number of carboxylic acid groups (broad SMARTS) is 1. The van der Waals surface area contributed by atoms with Crippen LogP contribution >= 0.6 is 0 Å². The molecule has 90 valence electrons. The zero-order valence-electron chi connectivity index (χ0n) is 9.65. The first-order chi connectivity index (χ1) is 8.21. The highest BCUT2D eigenvalue weighted by atomic mass is 16.4. The Balaban J connectivity index is 1.70. The quantitative estimate of drug-likeness (QED) is 0.818. The number of pyridine rings is 1. The van der Waals surface area contributed by atoms with Crippen molar-refractivity contribution in [3.05, 3.63) is 24.0 Å². The van der Waals surface area contributed by atoms with Gasteiger partial charge >= 0.3 is 5.97 Å². The van der Waals surface area contributed by atoms with E-state index in [0.29, 0.717) is 11.1 Å². The number of aromatic nitrogens is 1. The van der Waals surface area contributed by atoms with E-state index in [-0.39, 0.29) is 5.69 Å². The molecule has 0 atom stereocenters. The van der Waals surface area contributed by atoms with E-state index in [2.05, 4.69) is 10.3 Å². The SMILES string of the molecule is O=C(O)c1ncccc1NCC1(C2CC2)CC1. The maximum atomic E-state index is 11.0. The molecule has 4 nitrogen and oxygen atoms in total. The van der Waals surface area contributed by atoms with Crippen LogP contribution in [0.5, 0.6) is 0 Å². The van der Waals surface area contributed by atoms with Crippen molar-refractivity contribution in [2.45, 2.75) is 25.7 Å². The van der Waals surface area contributed by atoms with Crippen LogP contribution in [0, 0.1) is 11.3 Å². The lowest BCUT2D eigenvalue weighted by Gasteiger charge is -2.16. The van der Waals surface area contributed by atoms with Crippen molar-refractivity contribution in [3.63, 3.8) is 0 Å². The lowest BCUT2D eigenvalue weighted by atomic mass is 10.0. The number of anilines is 1. The average molecular weight is 232 g/mol. The van der Waals surface area contributed by atoms with E-state index in [1.54, 1.807) is 12.1 Å². The second-order valence-corrected chi connectivity index (χ2v) is 5.19. The number of aromatic carboxylic acids is 1. The zero-order chi connectivity index (χ0) is 11.9. The van der Waals surface area contributed by atoms with Crippen molar-refractivity contribution >= 4 is 11.7 Å². The summed E-state index contributed by atoms with van der Waals surface area (Å²) in [5.74, 6) is -0.0932. The highest BCUT2D eigenvalue weighted by Crippen LogP contribution is 2.61. The fraction of sp³-hybridized carbons (Fsp3) is 0.538. The van der Waals surface area contributed by atoms with Crippen molar-refractivity contribution in [3.8, 4) is 0 Å². The van der Waals surface area contributed by atoms with Crippen LogP contribution < -0.4 is 5.32 Å². The molecule has 2 aliphatic carbocycles. The molecule has 0 aromatic carbocycles. The van der Waals surface area contributed by atoms with Crippen LogP contribution in [0.2, 0.25) is 0 Å². The molecule has 17 heavy (non-hydrogen) atoms. The van der Waals surface area contributed by atoms with Gasteiger partial charge in [0.2, 0.25) is 0 Å². The van der Waals surface area contributed by atoms with Crippen molar-refractivity contribution in [2.75, 3.05) is 11.9 Å². The number of nitrogens with zero attached hydrogens (tertiary/aromatic N) is 1. The van der Waals surface area contributed by atoms with Gasteiger partial charge in [0.25, 0.3) is 0 Å². The molecule has 4 heteroatoms. The van der Waals surface area contributed by atoms with Crippen LogP contribution in [0.4, 0.5) is 5.69 Å². The van der Waals surface area contributed by atoms with Gasteiger partial charge < -0.3 is 10.4 Å². The molecule has 1 heterocycles. The standard InChI is InChI=1S/C13H16N2O2/c16-12(17)11-10(2-1-7-14-11)15-8-13(5-6-13)9-3-4-9/h1-2,7,9,15H,3-6,8H2,(H,16,17). The van der Waals surface area contributed by atoms with Gasteiger partial charge in [-0.15, -0.1) is 0 Å². The van der Waals surface area contributed by atoms with Gasteiger partial charge in [-0.1, -0.05) is 0 Å². The van der Waals surface area contributed by atoms with Crippen LogP contribution in [-0.2, 0) is 0 Å². The molecule has 0 amide bonds. The van der Waals surface area contributed by atoms with Gasteiger partial charge in [0, 0.05) is 12.7 Å². The maximum absolute atomic E-state index is 11.0. The minimum atomic E-state index is -0.968. The summed E-state index contributed by atoms with van der Waals surface area (Å²) in [5, 5.41) is 12.3. The van der Waals surface area contributed by atoms with Gasteiger partial charge in [0.15, 0.2) is 5.69 Å². The summed E-state index contributed by atoms with van der Waals surface area (Å²) in [6.45, 7) is 0.892. The Hall–Kier alpha value is -1.58. The highest BCUT2D eigenvalue weighted by Gasteiger charge is 2.53. The first-order valence-electron chi connectivity index (χ1n) is 6.13. The molecular formula is C13H16N2O2. The van der Waals surface area contributed by atoms with E-state index in [0.717, 1.165) is 12.5 Å². The summed E-state index contributed by atoms with van der Waals surface area (Å²) in [6, 6.07) is 3.56. The predicted octanol–water partition coefficient (Wildman–Crippen LogP) is 2.38. The average Bonchev–Trinajstić information content (AvgIpc) is 3.17. The molecule has 2 fully saturated rings. The Morgan fingerprint density at radius 1 is 1.53 bits per heavy atom. The molecule has 0 radical (unpaired) electrons. The Morgan fingerprint density at radius 3 is 2.88 bits per heavy atom. The van der Waals surface area contributed by atoms with Gasteiger partial charge in [-0.25, -0.2) is 9.78 Å². The first-order valence-corrected chi connectivity index (χ1v) is 6.13. The van der Waals surface area contributed by atoms with Crippen molar-refractivity contribution in [2.24, 2.45) is 11.3 Å². The Morgan fingerprint density at radius 2 is 2.29 bits per heavy atom. The fourth-order valence-corrected chi connectivity index (χ4v) is 2.58. The minimum absolute atomic E-state index is 0.124. The molecule has 0 unspecified atom stereocenters. The molecule has 1 aromatic rings. The Bertz CT molecular complexity index is 450. The van der Waals surface area contributed by atoms with Gasteiger partial charge in [0.05, 0.1) is 5.69 Å². The fourth-order valence-electron chi connectivity index (χ4n) is 2.58. The van der Waals surface area contributed by atoms with Crippen LogP contribution in [0.1, 0.15) is 36.2 Å². The number of hydrogen-bond donors (Lipinski definition) is 2. The second-order valence-electron chi connectivity index (χ2n) is 5.19. The number of nitrogens with one attached hydrogen (secondary N) is 1. The third-order valence-electron chi connectivity index (χ3n) is 3.98. The van der Waals surface area contributed by atoms with Crippen LogP contribution in [0.3, 0.4) is 0 Å². The normalized spacial score (nSPS) is 20.9. The predicted molar refractivity (Wildman–Crippen MR) is 64.1 cm³/mol. The lowest BCUT2D eigenvalue weighted by molar-refractivity contribution is 0.0691. The monoisotopic (exact) mass is 232 g/mol. The molecule has 0 aliphatic heterocycles. The van der Waals surface area contributed by atoms with Crippen molar-refractivity contribution in [1.82, 2.24) is 4.98 Å². The van der Waals surface area contributed by atoms with Gasteiger partial charge in [-0.3, -0.25) is 0 Å². The largest absolute Gasteiger partial charge is 0.476 e. The molecule has 1 aromatic heterocycles.